The molecule has 0 aromatic heterocycles. The lowest BCUT2D eigenvalue weighted by atomic mass is 10.0. The second-order valence-corrected chi connectivity index (χ2v) is 6.22. The summed E-state index contributed by atoms with van der Waals surface area (Å²) in [6.07, 6.45) is 5.14. The van der Waals surface area contributed by atoms with Crippen molar-refractivity contribution in [2.24, 2.45) is 5.92 Å². The van der Waals surface area contributed by atoms with Crippen LogP contribution in [-0.2, 0) is 9.53 Å². The molecule has 5 heteroatoms. The smallest absolute Gasteiger partial charge is 0.220 e. The van der Waals surface area contributed by atoms with Crippen LogP contribution in [0.15, 0.2) is 18.2 Å². The summed E-state index contributed by atoms with van der Waals surface area (Å²) in [4.78, 5) is 12.1. The van der Waals surface area contributed by atoms with Gasteiger partial charge in [0.15, 0.2) is 0 Å². The maximum atomic E-state index is 14.0. The van der Waals surface area contributed by atoms with Gasteiger partial charge in [-0.3, -0.25) is 4.79 Å². The Labute approximate surface area is 129 Å². The van der Waals surface area contributed by atoms with Gasteiger partial charge in [0.1, 0.15) is 11.6 Å². The number of halogens is 2. The minimum absolute atomic E-state index is 0.115. The van der Waals surface area contributed by atoms with E-state index in [1.807, 2.05) is 0 Å². The van der Waals surface area contributed by atoms with Crippen molar-refractivity contribution in [1.82, 2.24) is 5.32 Å². The molecular weight excluding hydrogens is 288 g/mol. The Balaban J connectivity index is 1.61. The molecule has 1 saturated carbocycles. The zero-order valence-electron chi connectivity index (χ0n) is 12.5. The van der Waals surface area contributed by atoms with E-state index in [0.717, 1.165) is 44.4 Å². The summed E-state index contributed by atoms with van der Waals surface area (Å²) in [6.45, 7) is 0.769. The maximum absolute atomic E-state index is 14.0. The molecule has 120 valence electrons. The first kappa shape index (κ1) is 15.4. The van der Waals surface area contributed by atoms with Gasteiger partial charge in [-0.25, -0.2) is 8.78 Å². The maximum Gasteiger partial charge on any atom is 0.220 e. The van der Waals surface area contributed by atoms with E-state index < -0.39 is 17.7 Å². The molecule has 3 rings (SSSR count). The Kier molecular flexibility index (Phi) is 4.71. The van der Waals surface area contributed by atoms with Crippen LogP contribution in [-0.4, -0.2) is 18.6 Å². The number of amides is 1. The fourth-order valence-electron chi connectivity index (χ4n) is 3.04. The molecule has 1 amide bonds. The Bertz CT molecular complexity index is 539. The SMILES string of the molecule is O=C(CC[C@H]1CCCO1)N[C@H](c1cc(F)ccc1F)C1CC1. The lowest BCUT2D eigenvalue weighted by Crippen LogP contribution is -2.31. The largest absolute Gasteiger partial charge is 0.378 e. The van der Waals surface area contributed by atoms with Crippen molar-refractivity contribution in [3.63, 3.8) is 0 Å². The molecule has 0 unspecified atom stereocenters. The minimum atomic E-state index is -0.476. The number of benzene rings is 1. The third-order valence-corrected chi connectivity index (χ3v) is 4.42. The standard InChI is InChI=1S/C17H21F2NO2/c18-12-5-7-15(19)14(10-12)17(11-3-4-11)20-16(21)8-6-13-2-1-9-22-13/h5,7,10-11,13,17H,1-4,6,8-9H2,(H,20,21)/t13-,17+/m1/s1. The van der Waals surface area contributed by atoms with Crippen molar-refractivity contribution >= 4 is 5.91 Å². The first-order valence-electron chi connectivity index (χ1n) is 7.99. The normalized spacial score (nSPS) is 22.5. The zero-order valence-corrected chi connectivity index (χ0v) is 12.5. The molecule has 0 bridgehead atoms. The van der Waals surface area contributed by atoms with Crippen molar-refractivity contribution in [3.8, 4) is 0 Å². The van der Waals surface area contributed by atoms with Gasteiger partial charge < -0.3 is 10.1 Å². The number of hydrogen-bond acceptors (Lipinski definition) is 2. The molecule has 1 aromatic carbocycles. The fraction of sp³-hybridized carbons (Fsp3) is 0.588. The van der Waals surface area contributed by atoms with E-state index >= 15 is 0 Å². The summed E-state index contributed by atoms with van der Waals surface area (Å²) in [5, 5.41) is 2.89. The molecule has 1 heterocycles. The van der Waals surface area contributed by atoms with E-state index in [4.69, 9.17) is 4.74 Å². The van der Waals surface area contributed by atoms with Crippen LogP contribution in [0.3, 0.4) is 0 Å². The van der Waals surface area contributed by atoms with Crippen LogP contribution in [0.1, 0.15) is 50.1 Å². The molecule has 2 atom stereocenters. The lowest BCUT2D eigenvalue weighted by molar-refractivity contribution is -0.122. The monoisotopic (exact) mass is 309 g/mol. The van der Waals surface area contributed by atoms with Crippen LogP contribution in [0.25, 0.3) is 0 Å². The molecule has 1 aromatic rings. The highest BCUT2D eigenvalue weighted by Gasteiger charge is 2.35. The summed E-state index contributed by atoms with van der Waals surface area (Å²) >= 11 is 0. The van der Waals surface area contributed by atoms with Crippen LogP contribution < -0.4 is 5.32 Å². The molecule has 1 N–H and O–H groups in total. The second kappa shape index (κ2) is 6.73. The van der Waals surface area contributed by atoms with E-state index in [0.29, 0.717) is 12.8 Å². The van der Waals surface area contributed by atoms with Gasteiger partial charge in [-0.2, -0.15) is 0 Å². The van der Waals surface area contributed by atoms with E-state index in [1.54, 1.807) is 0 Å². The third-order valence-electron chi connectivity index (χ3n) is 4.42. The Morgan fingerprint density at radius 2 is 2.14 bits per heavy atom. The van der Waals surface area contributed by atoms with Crippen molar-refractivity contribution in [2.75, 3.05) is 6.61 Å². The van der Waals surface area contributed by atoms with Gasteiger partial charge in [0.2, 0.25) is 5.91 Å². The quantitative estimate of drug-likeness (QED) is 0.873. The average Bonchev–Trinajstić information content (AvgIpc) is 3.21. The second-order valence-electron chi connectivity index (χ2n) is 6.22. The zero-order chi connectivity index (χ0) is 15.5. The molecule has 3 nitrogen and oxygen atoms in total. The van der Waals surface area contributed by atoms with Gasteiger partial charge in [0, 0.05) is 18.6 Å². The third kappa shape index (κ3) is 3.83. The highest BCUT2D eigenvalue weighted by molar-refractivity contribution is 5.76. The lowest BCUT2D eigenvalue weighted by Gasteiger charge is -2.20. The van der Waals surface area contributed by atoms with Crippen LogP contribution in [0.2, 0.25) is 0 Å². The Morgan fingerprint density at radius 3 is 2.82 bits per heavy atom. The van der Waals surface area contributed by atoms with E-state index in [2.05, 4.69) is 5.32 Å². The topological polar surface area (TPSA) is 38.3 Å². The van der Waals surface area contributed by atoms with E-state index in [1.165, 1.54) is 6.07 Å². The van der Waals surface area contributed by atoms with Crippen LogP contribution in [0, 0.1) is 17.6 Å². The summed E-state index contributed by atoms with van der Waals surface area (Å²) in [6, 6.07) is 2.99. The minimum Gasteiger partial charge on any atom is -0.378 e. The number of rotatable bonds is 6. The molecular formula is C17H21F2NO2. The first-order chi connectivity index (χ1) is 10.6. The number of nitrogens with one attached hydrogen (secondary N) is 1. The Morgan fingerprint density at radius 1 is 1.32 bits per heavy atom. The molecule has 1 aliphatic carbocycles. The van der Waals surface area contributed by atoms with Crippen LogP contribution in [0.4, 0.5) is 8.78 Å². The number of carbonyl (C=O) groups is 1. The first-order valence-corrected chi connectivity index (χ1v) is 7.99. The molecule has 1 saturated heterocycles. The summed E-state index contributed by atoms with van der Waals surface area (Å²) < 4.78 is 32.8. The molecule has 0 radical (unpaired) electrons. The molecule has 1 aliphatic heterocycles. The van der Waals surface area contributed by atoms with Gasteiger partial charge >= 0.3 is 0 Å². The van der Waals surface area contributed by atoms with Crippen LogP contribution in [0.5, 0.6) is 0 Å². The van der Waals surface area contributed by atoms with Gasteiger partial charge in [0.05, 0.1) is 12.1 Å². The van der Waals surface area contributed by atoms with E-state index in [-0.39, 0.29) is 23.5 Å². The van der Waals surface area contributed by atoms with Gasteiger partial charge in [0.25, 0.3) is 0 Å². The van der Waals surface area contributed by atoms with Gasteiger partial charge in [-0.05, 0) is 56.2 Å². The predicted molar refractivity (Wildman–Crippen MR) is 78.2 cm³/mol. The van der Waals surface area contributed by atoms with E-state index in [9.17, 15) is 13.6 Å². The van der Waals surface area contributed by atoms with Crippen molar-refractivity contribution in [2.45, 2.75) is 50.7 Å². The Hall–Kier alpha value is -1.49. The molecule has 0 spiro atoms. The fourth-order valence-corrected chi connectivity index (χ4v) is 3.04. The molecule has 22 heavy (non-hydrogen) atoms. The van der Waals surface area contributed by atoms with Crippen molar-refractivity contribution < 1.29 is 18.3 Å². The average molecular weight is 309 g/mol. The van der Waals surface area contributed by atoms with Gasteiger partial charge in [-0.15, -0.1) is 0 Å². The summed E-state index contributed by atoms with van der Waals surface area (Å²) in [5.74, 6) is -0.840. The summed E-state index contributed by atoms with van der Waals surface area (Å²) in [7, 11) is 0. The molecule has 2 fully saturated rings. The molecule has 2 aliphatic rings. The summed E-state index contributed by atoms with van der Waals surface area (Å²) in [5.41, 5.74) is 0.257. The predicted octanol–water partition coefficient (Wildman–Crippen LogP) is 3.49. The highest BCUT2D eigenvalue weighted by Crippen LogP contribution is 2.42. The highest BCUT2D eigenvalue weighted by atomic mass is 19.1. The number of carbonyl (C=O) groups excluding carboxylic acids is 1. The number of hydrogen-bond donors (Lipinski definition) is 1. The number of ether oxygens (including phenoxy) is 1. The van der Waals surface area contributed by atoms with Gasteiger partial charge in [-0.1, -0.05) is 0 Å². The van der Waals surface area contributed by atoms with Crippen molar-refractivity contribution in [1.29, 1.82) is 0 Å². The van der Waals surface area contributed by atoms with Crippen LogP contribution >= 0.6 is 0 Å². The van der Waals surface area contributed by atoms with Crippen molar-refractivity contribution in [3.05, 3.63) is 35.4 Å².